The van der Waals surface area contributed by atoms with Crippen LogP contribution in [0.3, 0.4) is 0 Å². The first-order valence-electron chi connectivity index (χ1n) is 8.30. The van der Waals surface area contributed by atoms with Gasteiger partial charge in [-0.3, -0.25) is 4.79 Å². The molecule has 1 N–H and O–H groups in total. The summed E-state index contributed by atoms with van der Waals surface area (Å²) in [6, 6.07) is 10.9. The monoisotopic (exact) mass is 432 g/mol. The second kappa shape index (κ2) is 7.79. The predicted molar refractivity (Wildman–Crippen MR) is 110 cm³/mol. The Balaban J connectivity index is 1.55. The van der Waals surface area contributed by atoms with Crippen LogP contribution in [-0.2, 0) is 6.54 Å². The number of benzene rings is 1. The lowest BCUT2D eigenvalue weighted by atomic mass is 10.2. The van der Waals surface area contributed by atoms with Gasteiger partial charge in [-0.15, -0.1) is 11.3 Å². The topological polar surface area (TPSA) is 73.0 Å². The van der Waals surface area contributed by atoms with E-state index in [1.54, 1.807) is 29.9 Å². The molecule has 0 radical (unpaired) electrons. The van der Waals surface area contributed by atoms with Crippen molar-refractivity contribution < 1.29 is 9.21 Å². The molecule has 0 fully saturated rings. The minimum Gasteiger partial charge on any atom is -0.440 e. The predicted octanol–water partition coefficient (Wildman–Crippen LogP) is 5.52. The van der Waals surface area contributed by atoms with Crippen LogP contribution in [0.15, 0.2) is 52.4 Å². The van der Waals surface area contributed by atoms with Crippen LogP contribution in [0.2, 0.25) is 10.0 Å². The second-order valence-electron chi connectivity index (χ2n) is 5.94. The van der Waals surface area contributed by atoms with Crippen LogP contribution in [0, 0.1) is 6.92 Å². The lowest BCUT2D eigenvalue weighted by Gasteiger charge is -2.10. The summed E-state index contributed by atoms with van der Waals surface area (Å²) in [5.41, 5.74) is 1.03. The highest BCUT2D eigenvalue weighted by Crippen LogP contribution is 2.28. The fourth-order valence-corrected chi connectivity index (χ4v) is 3.71. The van der Waals surface area contributed by atoms with E-state index >= 15 is 0 Å². The van der Waals surface area contributed by atoms with E-state index in [4.69, 9.17) is 27.6 Å². The molecule has 4 aromatic rings. The summed E-state index contributed by atoms with van der Waals surface area (Å²) >= 11 is 13.8. The number of nitrogens with one attached hydrogen (secondary N) is 1. The number of hydrogen-bond acceptors (Lipinski definition) is 5. The summed E-state index contributed by atoms with van der Waals surface area (Å²) in [6.45, 7) is 2.07. The number of carbonyl (C=O) groups excluding carboxylic acids is 1. The van der Waals surface area contributed by atoms with Gasteiger partial charge in [-0.1, -0.05) is 41.4 Å². The summed E-state index contributed by atoms with van der Waals surface area (Å²) in [5.74, 6) is 1.02. The van der Waals surface area contributed by atoms with Crippen molar-refractivity contribution in [3.05, 3.63) is 75.0 Å². The summed E-state index contributed by atoms with van der Waals surface area (Å²) in [4.78, 5) is 17.9. The lowest BCUT2D eigenvalue weighted by Crippen LogP contribution is -2.17. The minimum absolute atomic E-state index is 0.233. The Labute approximate surface area is 174 Å². The molecule has 6 nitrogen and oxygen atoms in total. The average Bonchev–Trinajstić information content (AvgIpc) is 3.40. The third kappa shape index (κ3) is 3.69. The van der Waals surface area contributed by atoms with E-state index in [-0.39, 0.29) is 11.6 Å². The smallest absolute Gasteiger partial charge is 0.279 e. The van der Waals surface area contributed by atoms with Crippen molar-refractivity contribution in [3.63, 3.8) is 0 Å². The maximum absolute atomic E-state index is 12.7. The van der Waals surface area contributed by atoms with Crippen molar-refractivity contribution in [2.24, 2.45) is 0 Å². The molecule has 0 saturated heterocycles. The van der Waals surface area contributed by atoms with Gasteiger partial charge in [-0.05, 0) is 30.0 Å². The van der Waals surface area contributed by atoms with Gasteiger partial charge in [0.15, 0.2) is 5.69 Å². The third-order valence-electron chi connectivity index (χ3n) is 4.05. The average molecular weight is 433 g/mol. The van der Waals surface area contributed by atoms with E-state index in [9.17, 15) is 4.79 Å². The van der Waals surface area contributed by atoms with E-state index in [0.29, 0.717) is 34.1 Å². The molecule has 0 atom stereocenters. The van der Waals surface area contributed by atoms with Crippen molar-refractivity contribution in [2.75, 3.05) is 5.32 Å². The zero-order valence-corrected chi connectivity index (χ0v) is 17.0. The molecule has 4 rings (SSSR count). The molecule has 0 saturated carbocycles. The zero-order chi connectivity index (χ0) is 19.7. The van der Waals surface area contributed by atoms with Crippen LogP contribution in [0.1, 0.15) is 21.8 Å². The van der Waals surface area contributed by atoms with Gasteiger partial charge in [-0.25, -0.2) is 9.67 Å². The molecule has 0 bridgehead atoms. The quantitative estimate of drug-likeness (QED) is 0.450. The van der Waals surface area contributed by atoms with E-state index in [0.717, 1.165) is 10.4 Å². The Morgan fingerprint density at radius 1 is 1.25 bits per heavy atom. The summed E-state index contributed by atoms with van der Waals surface area (Å²) < 4.78 is 7.27. The number of amides is 1. The van der Waals surface area contributed by atoms with Crippen molar-refractivity contribution in [3.8, 4) is 10.8 Å². The Bertz CT molecular complexity index is 1130. The highest BCUT2D eigenvalue weighted by Gasteiger charge is 2.20. The van der Waals surface area contributed by atoms with E-state index in [2.05, 4.69) is 15.4 Å². The molecule has 3 heterocycles. The van der Waals surface area contributed by atoms with E-state index in [1.807, 2.05) is 29.6 Å². The van der Waals surface area contributed by atoms with Gasteiger partial charge in [0, 0.05) is 6.07 Å². The molecule has 1 aromatic carbocycles. The largest absolute Gasteiger partial charge is 0.440 e. The van der Waals surface area contributed by atoms with Gasteiger partial charge in [0.25, 0.3) is 5.91 Å². The normalized spacial score (nSPS) is 11.0. The summed E-state index contributed by atoms with van der Waals surface area (Å²) in [5, 5.41) is 9.94. The van der Waals surface area contributed by atoms with Crippen LogP contribution < -0.4 is 5.32 Å². The van der Waals surface area contributed by atoms with Crippen molar-refractivity contribution in [1.82, 2.24) is 14.8 Å². The fraction of sp³-hybridized carbons (Fsp3) is 0.105. The van der Waals surface area contributed by atoms with Gasteiger partial charge in [-0.2, -0.15) is 5.10 Å². The number of aromatic nitrogens is 3. The maximum atomic E-state index is 12.7. The number of anilines is 1. The molecule has 0 spiro atoms. The maximum Gasteiger partial charge on any atom is 0.279 e. The minimum atomic E-state index is -0.372. The molecular weight excluding hydrogens is 419 g/mol. The SMILES string of the molecule is Cc1oc(-c2cccs2)nc1C(=O)Nc1ccnn1Cc1cccc(Cl)c1Cl. The van der Waals surface area contributed by atoms with Crippen molar-refractivity contribution in [2.45, 2.75) is 13.5 Å². The second-order valence-corrected chi connectivity index (χ2v) is 7.68. The number of thiophene rings is 1. The standard InChI is InChI=1S/C19H14Cl2N4O2S/c1-11-17(24-19(27-11)14-6-3-9-28-14)18(26)23-15-7-8-22-25(15)10-12-4-2-5-13(20)16(12)21/h2-9H,10H2,1H3,(H,23,26). The van der Waals surface area contributed by atoms with Gasteiger partial charge < -0.3 is 9.73 Å². The Morgan fingerprint density at radius 2 is 2.11 bits per heavy atom. The van der Waals surface area contributed by atoms with E-state index in [1.165, 1.54) is 11.3 Å². The Morgan fingerprint density at radius 3 is 2.89 bits per heavy atom. The number of oxazole rings is 1. The molecule has 28 heavy (non-hydrogen) atoms. The number of halogens is 2. The molecule has 0 aliphatic carbocycles. The van der Waals surface area contributed by atoms with Gasteiger partial charge >= 0.3 is 0 Å². The number of rotatable bonds is 5. The van der Waals surface area contributed by atoms with Crippen molar-refractivity contribution in [1.29, 1.82) is 0 Å². The number of carbonyl (C=O) groups is 1. The number of aryl methyl sites for hydroxylation is 1. The number of hydrogen-bond donors (Lipinski definition) is 1. The molecule has 142 valence electrons. The summed E-state index contributed by atoms with van der Waals surface area (Å²) in [7, 11) is 0. The van der Waals surface area contributed by atoms with Gasteiger partial charge in [0.05, 0.1) is 27.7 Å². The number of nitrogens with zero attached hydrogens (tertiary/aromatic N) is 3. The third-order valence-corrected chi connectivity index (χ3v) is 5.77. The molecule has 0 aliphatic heterocycles. The first kappa shape index (κ1) is 18.7. The highest BCUT2D eigenvalue weighted by atomic mass is 35.5. The van der Waals surface area contributed by atoms with Crippen LogP contribution in [-0.4, -0.2) is 20.7 Å². The molecular formula is C19H14Cl2N4O2S. The highest BCUT2D eigenvalue weighted by molar-refractivity contribution is 7.13. The van der Waals surface area contributed by atoms with Crippen LogP contribution >= 0.6 is 34.5 Å². The van der Waals surface area contributed by atoms with Crippen molar-refractivity contribution >= 4 is 46.3 Å². The Hall–Kier alpha value is -2.61. The lowest BCUT2D eigenvalue weighted by molar-refractivity contribution is 0.102. The molecule has 3 aromatic heterocycles. The molecule has 0 aliphatic rings. The molecule has 0 unspecified atom stereocenters. The van der Waals surface area contributed by atoms with Gasteiger partial charge in [0.2, 0.25) is 5.89 Å². The van der Waals surface area contributed by atoms with Crippen LogP contribution in [0.25, 0.3) is 10.8 Å². The summed E-state index contributed by atoms with van der Waals surface area (Å²) in [6.07, 6.45) is 1.60. The fourth-order valence-electron chi connectivity index (χ4n) is 2.69. The van der Waals surface area contributed by atoms with Gasteiger partial charge in [0.1, 0.15) is 11.6 Å². The molecule has 1 amide bonds. The Kier molecular flexibility index (Phi) is 5.21. The zero-order valence-electron chi connectivity index (χ0n) is 14.6. The van der Waals surface area contributed by atoms with E-state index < -0.39 is 0 Å². The first-order valence-corrected chi connectivity index (χ1v) is 9.94. The van der Waals surface area contributed by atoms with Crippen LogP contribution in [0.5, 0.6) is 0 Å². The molecule has 9 heteroatoms. The first-order chi connectivity index (χ1) is 13.5. The van der Waals surface area contributed by atoms with Crippen LogP contribution in [0.4, 0.5) is 5.82 Å².